The number of halogens is 1. The first-order valence-electron chi connectivity index (χ1n) is 6.52. The van der Waals surface area contributed by atoms with Gasteiger partial charge in [0.2, 0.25) is 0 Å². The van der Waals surface area contributed by atoms with Gasteiger partial charge in [0.15, 0.2) is 0 Å². The number of nitrogens with one attached hydrogen (secondary N) is 2. The number of nitrogens with zero attached hydrogens (tertiary/aromatic N) is 2. The van der Waals surface area contributed by atoms with Gasteiger partial charge in [0, 0.05) is 13.6 Å². The summed E-state index contributed by atoms with van der Waals surface area (Å²) in [7, 11) is 1.61. The number of primary amides is 1. The maximum absolute atomic E-state index is 12.2. The highest BCUT2D eigenvalue weighted by Crippen LogP contribution is 2.19. The molecule has 0 spiro atoms. The van der Waals surface area contributed by atoms with Gasteiger partial charge in [-0.2, -0.15) is 5.10 Å². The molecule has 0 aliphatic heterocycles. The zero-order valence-corrected chi connectivity index (χ0v) is 13.0. The summed E-state index contributed by atoms with van der Waals surface area (Å²) in [6.45, 7) is 1.27. The van der Waals surface area contributed by atoms with Gasteiger partial charge in [0.05, 0.1) is 23.9 Å². The van der Waals surface area contributed by atoms with E-state index in [4.69, 9.17) is 22.4 Å². The monoisotopic (exact) mass is 331 g/mol. The molecule has 1 atom stereocenters. The maximum Gasteiger partial charge on any atom is 0.309 e. The second-order valence-corrected chi connectivity index (χ2v) is 4.87. The number of aliphatic hydroxyl groups is 1. The van der Waals surface area contributed by atoms with E-state index in [1.54, 1.807) is 7.05 Å². The number of aryl methyl sites for hydroxylation is 2. The lowest BCUT2D eigenvalue weighted by Crippen LogP contribution is -2.49. The van der Waals surface area contributed by atoms with Crippen LogP contribution in [0, 0.1) is 0 Å². The van der Waals surface area contributed by atoms with Crippen LogP contribution in [0.15, 0.2) is 0 Å². The number of hydrogen-bond donors (Lipinski definition) is 4. The van der Waals surface area contributed by atoms with Gasteiger partial charge in [-0.05, 0) is 6.42 Å². The van der Waals surface area contributed by atoms with E-state index in [2.05, 4.69) is 15.7 Å². The average molecular weight is 332 g/mol. The number of nitrogens with two attached hydrogens (primary N) is 1. The van der Waals surface area contributed by atoms with Gasteiger partial charge in [0.25, 0.3) is 5.91 Å². The van der Waals surface area contributed by atoms with Crippen molar-refractivity contribution >= 4 is 29.3 Å². The lowest BCUT2D eigenvalue weighted by Gasteiger charge is -2.16. The van der Waals surface area contributed by atoms with Crippen molar-refractivity contribution in [3.63, 3.8) is 0 Å². The van der Waals surface area contributed by atoms with E-state index in [-0.39, 0.29) is 17.3 Å². The lowest BCUT2D eigenvalue weighted by molar-refractivity contribution is -0.137. The summed E-state index contributed by atoms with van der Waals surface area (Å²) in [4.78, 5) is 34.0. The van der Waals surface area contributed by atoms with Crippen LogP contribution in [0.1, 0.15) is 23.0 Å². The van der Waals surface area contributed by atoms with E-state index in [0.717, 1.165) is 0 Å². The molecule has 0 aromatic carbocycles. The average Bonchev–Trinajstić information content (AvgIpc) is 2.77. The van der Waals surface area contributed by atoms with Crippen LogP contribution in [-0.4, -0.2) is 51.8 Å². The molecule has 0 fully saturated rings. The summed E-state index contributed by atoms with van der Waals surface area (Å²) in [5.74, 6) is -2.70. The SMILES string of the molecule is CCc1nn(C)c(Cl)c1C(=O)NC[C@@H](CO)NC(=O)C(N)=O. The Kier molecular flexibility index (Phi) is 6.32. The van der Waals surface area contributed by atoms with Gasteiger partial charge < -0.3 is 21.5 Å². The Morgan fingerprint density at radius 3 is 2.59 bits per heavy atom. The normalized spacial score (nSPS) is 11.8. The fraction of sp³-hybridized carbons (Fsp3) is 0.500. The van der Waals surface area contributed by atoms with Crippen molar-refractivity contribution < 1.29 is 19.5 Å². The van der Waals surface area contributed by atoms with Crippen molar-refractivity contribution in [2.75, 3.05) is 13.2 Å². The molecule has 1 aromatic rings. The van der Waals surface area contributed by atoms with Crippen LogP contribution < -0.4 is 16.4 Å². The summed E-state index contributed by atoms with van der Waals surface area (Å²) in [6, 6.07) is -0.843. The van der Waals surface area contributed by atoms with Crippen LogP contribution in [0.5, 0.6) is 0 Å². The second-order valence-electron chi connectivity index (χ2n) is 4.52. The number of amides is 3. The number of aromatic nitrogens is 2. The van der Waals surface area contributed by atoms with Crippen LogP contribution >= 0.6 is 11.6 Å². The van der Waals surface area contributed by atoms with Crippen molar-refractivity contribution in [2.45, 2.75) is 19.4 Å². The third-order valence-electron chi connectivity index (χ3n) is 2.90. The number of hydrogen-bond acceptors (Lipinski definition) is 5. The fourth-order valence-corrected chi connectivity index (χ4v) is 1.98. The van der Waals surface area contributed by atoms with Crippen LogP contribution in [0.25, 0.3) is 0 Å². The molecule has 0 saturated heterocycles. The Bertz CT molecular complexity index is 586. The summed E-state index contributed by atoms with van der Waals surface area (Å²) in [5, 5.41) is 18.2. The van der Waals surface area contributed by atoms with Gasteiger partial charge in [-0.3, -0.25) is 19.1 Å². The lowest BCUT2D eigenvalue weighted by atomic mass is 10.2. The van der Waals surface area contributed by atoms with Gasteiger partial charge in [-0.25, -0.2) is 0 Å². The number of carbonyl (C=O) groups is 3. The molecule has 10 heteroatoms. The van der Waals surface area contributed by atoms with E-state index in [1.807, 2.05) is 6.92 Å². The Morgan fingerprint density at radius 1 is 1.45 bits per heavy atom. The smallest absolute Gasteiger partial charge is 0.309 e. The summed E-state index contributed by atoms with van der Waals surface area (Å²) < 4.78 is 1.38. The van der Waals surface area contributed by atoms with E-state index < -0.39 is 30.4 Å². The molecule has 0 unspecified atom stereocenters. The standard InChI is InChI=1S/C12H18ClN5O4/c1-3-7-8(9(13)18(2)17-7)11(21)15-4-6(5-19)16-12(22)10(14)20/h6,19H,3-5H2,1-2H3,(H2,14,20)(H,15,21)(H,16,22)/t6-/m0/s1. The van der Waals surface area contributed by atoms with E-state index in [1.165, 1.54) is 4.68 Å². The summed E-state index contributed by atoms with van der Waals surface area (Å²) in [6.07, 6.45) is 0.519. The van der Waals surface area contributed by atoms with E-state index in [0.29, 0.717) is 12.1 Å². The Morgan fingerprint density at radius 2 is 2.09 bits per heavy atom. The molecular weight excluding hydrogens is 314 g/mol. The van der Waals surface area contributed by atoms with Crippen LogP contribution in [-0.2, 0) is 23.1 Å². The number of carbonyl (C=O) groups excluding carboxylic acids is 3. The molecule has 0 saturated carbocycles. The topological polar surface area (TPSA) is 139 Å². The molecular formula is C12H18ClN5O4. The van der Waals surface area contributed by atoms with Crippen LogP contribution in [0.2, 0.25) is 5.15 Å². The third-order valence-corrected chi connectivity index (χ3v) is 3.33. The van der Waals surface area contributed by atoms with Crippen molar-refractivity contribution in [1.29, 1.82) is 0 Å². The minimum Gasteiger partial charge on any atom is -0.394 e. The molecule has 0 aliphatic rings. The quantitative estimate of drug-likeness (QED) is 0.461. The zero-order valence-electron chi connectivity index (χ0n) is 12.2. The van der Waals surface area contributed by atoms with Crippen molar-refractivity contribution in [3.05, 3.63) is 16.4 Å². The predicted octanol–water partition coefficient (Wildman–Crippen LogP) is -1.67. The van der Waals surface area contributed by atoms with E-state index in [9.17, 15) is 14.4 Å². The molecule has 22 heavy (non-hydrogen) atoms. The van der Waals surface area contributed by atoms with Crippen molar-refractivity contribution in [1.82, 2.24) is 20.4 Å². The Labute approximate surface area is 131 Å². The highest BCUT2D eigenvalue weighted by atomic mass is 35.5. The van der Waals surface area contributed by atoms with Gasteiger partial charge in [-0.1, -0.05) is 18.5 Å². The summed E-state index contributed by atoms with van der Waals surface area (Å²) >= 11 is 6.02. The second kappa shape index (κ2) is 7.76. The molecule has 0 aliphatic carbocycles. The van der Waals surface area contributed by atoms with Gasteiger partial charge >= 0.3 is 11.8 Å². The first-order chi connectivity index (χ1) is 10.3. The first kappa shape index (κ1) is 17.9. The largest absolute Gasteiger partial charge is 0.394 e. The first-order valence-corrected chi connectivity index (χ1v) is 6.90. The highest BCUT2D eigenvalue weighted by Gasteiger charge is 2.22. The molecule has 1 aromatic heterocycles. The zero-order chi connectivity index (χ0) is 16.9. The molecule has 0 bridgehead atoms. The molecule has 1 heterocycles. The molecule has 9 nitrogen and oxygen atoms in total. The third kappa shape index (κ3) is 4.18. The maximum atomic E-state index is 12.2. The van der Waals surface area contributed by atoms with Gasteiger partial charge in [0.1, 0.15) is 5.15 Å². The minimum absolute atomic E-state index is 0.0945. The van der Waals surface area contributed by atoms with Crippen molar-refractivity contribution in [3.8, 4) is 0 Å². The van der Waals surface area contributed by atoms with Crippen molar-refractivity contribution in [2.24, 2.45) is 12.8 Å². The molecule has 0 radical (unpaired) electrons. The van der Waals surface area contributed by atoms with E-state index >= 15 is 0 Å². The number of rotatable bonds is 6. The predicted molar refractivity (Wildman–Crippen MR) is 78.1 cm³/mol. The molecule has 5 N–H and O–H groups in total. The fourth-order valence-electron chi connectivity index (χ4n) is 1.75. The van der Waals surface area contributed by atoms with Crippen LogP contribution in [0.3, 0.4) is 0 Å². The van der Waals surface area contributed by atoms with Gasteiger partial charge in [-0.15, -0.1) is 0 Å². The molecule has 1 rings (SSSR count). The molecule has 122 valence electrons. The Balaban J connectivity index is 2.73. The highest BCUT2D eigenvalue weighted by molar-refractivity contribution is 6.34. The number of aliphatic hydroxyl groups excluding tert-OH is 1. The minimum atomic E-state index is -1.17. The van der Waals surface area contributed by atoms with Crippen LogP contribution in [0.4, 0.5) is 0 Å². The summed E-state index contributed by atoms with van der Waals surface area (Å²) in [5.41, 5.74) is 5.57. The molecule has 3 amide bonds. The Hall–Kier alpha value is -2.13.